The molecular weight excluding hydrogens is 675 g/mol. The highest BCUT2D eigenvalue weighted by Crippen LogP contribution is 2.48. The third-order valence-electron chi connectivity index (χ3n) is 11.0. The molecule has 1 aromatic heterocycles. The molecule has 2 aliphatic heterocycles. The topological polar surface area (TPSA) is 15.7 Å². The quantitative estimate of drug-likeness (QED) is 0.166. The Labute approximate surface area is 319 Å². The van der Waals surface area contributed by atoms with Gasteiger partial charge in [-0.2, -0.15) is 0 Å². The zero-order chi connectivity index (χ0) is 35.8. The maximum Gasteiger partial charge on any atom is 0.256 e. The molecule has 54 heavy (non-hydrogen) atoms. The smallest absolute Gasteiger partial charge is 0.256 e. The van der Waals surface area contributed by atoms with Crippen molar-refractivity contribution in [3.63, 3.8) is 0 Å². The summed E-state index contributed by atoms with van der Waals surface area (Å²) in [5.74, 6) is 1.79. The van der Waals surface area contributed by atoms with E-state index in [1.165, 1.54) is 47.8 Å². The average Bonchev–Trinajstić information content (AvgIpc) is 3.62. The minimum atomic E-state index is -0.00789. The second-order valence-corrected chi connectivity index (χ2v) is 15.2. The first-order valence-corrected chi connectivity index (χ1v) is 19.3. The monoisotopic (exact) mass is 708 g/mol. The Kier molecular flexibility index (Phi) is 7.04. The first-order valence-electron chi connectivity index (χ1n) is 18.5. The van der Waals surface area contributed by atoms with E-state index in [1.54, 1.807) is 0 Å². The average molecular weight is 709 g/mol. The third-order valence-corrected chi connectivity index (χ3v) is 12.2. The molecule has 0 unspecified atom stereocenters. The zero-order valence-electron chi connectivity index (χ0n) is 29.6. The number of benzene rings is 8. The molecule has 3 heterocycles. The summed E-state index contributed by atoms with van der Waals surface area (Å²) in [6.07, 6.45) is 0. The molecule has 5 heteroatoms. The van der Waals surface area contributed by atoms with Crippen LogP contribution in [0.1, 0.15) is 5.56 Å². The molecule has 0 saturated heterocycles. The van der Waals surface area contributed by atoms with Gasteiger partial charge in [0.25, 0.3) is 6.71 Å². The lowest BCUT2D eigenvalue weighted by molar-refractivity contribution is 0.489. The Hall–Kier alpha value is -6.56. The molecule has 0 aliphatic carbocycles. The highest BCUT2D eigenvalue weighted by atomic mass is 32.1. The SMILES string of the molecule is Cc1ccc(N(c2ccc3c(c2)Oc2c(-c4ccccc4)ccc4c2B3c2ccccc2N4c2ccccc2)c2cccc3c2sc2ccccc23)cc1. The number of hydrogen-bond donors (Lipinski definition) is 0. The maximum atomic E-state index is 7.28. The summed E-state index contributed by atoms with van der Waals surface area (Å²) in [7, 11) is 0. The van der Waals surface area contributed by atoms with Gasteiger partial charge in [0.1, 0.15) is 11.5 Å². The summed E-state index contributed by atoms with van der Waals surface area (Å²) in [5, 5.41) is 2.56. The second kappa shape index (κ2) is 12.3. The molecule has 0 radical (unpaired) electrons. The van der Waals surface area contributed by atoms with Crippen molar-refractivity contribution in [2.24, 2.45) is 0 Å². The number of nitrogens with zero attached hydrogens (tertiary/aromatic N) is 2. The molecule has 0 spiro atoms. The number of fused-ring (bicyclic) bond motifs is 7. The van der Waals surface area contributed by atoms with Gasteiger partial charge in [0.05, 0.1) is 10.4 Å². The summed E-state index contributed by atoms with van der Waals surface area (Å²) in [4.78, 5) is 4.80. The summed E-state index contributed by atoms with van der Waals surface area (Å²) in [6.45, 7) is 2.14. The Balaban J connectivity index is 1.15. The number of aryl methyl sites for hydroxylation is 1. The molecule has 3 nitrogen and oxygen atoms in total. The largest absolute Gasteiger partial charge is 0.458 e. The van der Waals surface area contributed by atoms with Crippen molar-refractivity contribution in [3.05, 3.63) is 188 Å². The molecule has 9 aromatic rings. The van der Waals surface area contributed by atoms with Gasteiger partial charge in [-0.05, 0) is 89.5 Å². The van der Waals surface area contributed by atoms with Crippen molar-refractivity contribution in [1.29, 1.82) is 0 Å². The van der Waals surface area contributed by atoms with E-state index in [-0.39, 0.29) is 6.71 Å². The molecule has 0 atom stereocenters. The van der Waals surface area contributed by atoms with E-state index < -0.39 is 0 Å². The van der Waals surface area contributed by atoms with Gasteiger partial charge in [-0.3, -0.25) is 0 Å². The van der Waals surface area contributed by atoms with Crippen LogP contribution in [0.25, 0.3) is 31.3 Å². The minimum Gasteiger partial charge on any atom is -0.458 e. The highest BCUT2D eigenvalue weighted by Gasteiger charge is 2.43. The van der Waals surface area contributed by atoms with E-state index in [0.717, 1.165) is 51.1 Å². The van der Waals surface area contributed by atoms with Gasteiger partial charge in [0.2, 0.25) is 0 Å². The van der Waals surface area contributed by atoms with E-state index in [9.17, 15) is 0 Å². The van der Waals surface area contributed by atoms with E-state index in [0.29, 0.717) is 0 Å². The lowest BCUT2D eigenvalue weighted by Crippen LogP contribution is -2.59. The Morgan fingerprint density at radius 3 is 2.15 bits per heavy atom. The van der Waals surface area contributed by atoms with Crippen LogP contribution in [0.4, 0.5) is 34.1 Å². The van der Waals surface area contributed by atoms with Crippen LogP contribution >= 0.6 is 11.3 Å². The number of thiophene rings is 1. The third kappa shape index (κ3) is 4.75. The lowest BCUT2D eigenvalue weighted by atomic mass is 9.34. The van der Waals surface area contributed by atoms with Gasteiger partial charge in [0, 0.05) is 55.5 Å². The number of anilines is 6. The molecule has 0 saturated carbocycles. The van der Waals surface area contributed by atoms with Crippen LogP contribution in [0.5, 0.6) is 11.5 Å². The summed E-state index contributed by atoms with van der Waals surface area (Å²) < 4.78 is 9.83. The van der Waals surface area contributed by atoms with E-state index in [2.05, 4.69) is 199 Å². The number of ether oxygens (including phenoxy) is 1. The van der Waals surface area contributed by atoms with Crippen molar-refractivity contribution >= 4 is 88.7 Å². The standard InChI is InChI=1S/C49H33BN2OS/c1-32-23-25-35(26-24-32)51(44-21-12-18-39-38-17-8-11-22-46(38)54-49(39)44)36-27-29-41-45(31-36)53-48-37(33-13-4-2-5-14-33)28-30-43-47(48)50(41)40-19-9-10-20-42(40)52(43)34-15-6-3-7-16-34/h2-31H,1H3. The molecule has 11 rings (SSSR count). The predicted octanol–water partition coefficient (Wildman–Crippen LogP) is 11.9. The van der Waals surface area contributed by atoms with Gasteiger partial charge >= 0.3 is 0 Å². The molecule has 2 aliphatic rings. The van der Waals surface area contributed by atoms with E-state index in [1.807, 2.05) is 11.3 Å². The highest BCUT2D eigenvalue weighted by molar-refractivity contribution is 7.26. The maximum absolute atomic E-state index is 7.28. The summed E-state index contributed by atoms with van der Waals surface area (Å²) in [5.41, 5.74) is 13.9. The lowest BCUT2D eigenvalue weighted by Gasteiger charge is -2.40. The van der Waals surface area contributed by atoms with Crippen LogP contribution < -0.4 is 30.9 Å². The van der Waals surface area contributed by atoms with Gasteiger partial charge in [-0.1, -0.05) is 121 Å². The minimum absolute atomic E-state index is 0.00789. The summed E-state index contributed by atoms with van der Waals surface area (Å²) >= 11 is 1.85. The molecule has 0 amide bonds. The fourth-order valence-corrected chi connectivity index (χ4v) is 9.75. The summed E-state index contributed by atoms with van der Waals surface area (Å²) in [6, 6.07) is 65.8. The number of hydrogen-bond acceptors (Lipinski definition) is 4. The Bertz CT molecular complexity index is 2890. The van der Waals surface area contributed by atoms with Gasteiger partial charge in [-0.15, -0.1) is 11.3 Å². The van der Waals surface area contributed by atoms with Crippen LogP contribution in [0, 0.1) is 6.92 Å². The van der Waals surface area contributed by atoms with Crippen molar-refractivity contribution in [2.75, 3.05) is 9.80 Å². The molecule has 0 N–H and O–H groups in total. The molecular formula is C49H33BN2OS. The van der Waals surface area contributed by atoms with Crippen molar-refractivity contribution in [1.82, 2.24) is 0 Å². The first kappa shape index (κ1) is 31.0. The van der Waals surface area contributed by atoms with E-state index in [4.69, 9.17) is 4.74 Å². The fraction of sp³-hybridized carbons (Fsp3) is 0.0204. The van der Waals surface area contributed by atoms with Crippen molar-refractivity contribution < 1.29 is 4.74 Å². The van der Waals surface area contributed by atoms with Gasteiger partial charge in [-0.25, -0.2) is 0 Å². The Morgan fingerprint density at radius 1 is 0.574 bits per heavy atom. The van der Waals surface area contributed by atoms with E-state index >= 15 is 0 Å². The van der Waals surface area contributed by atoms with Gasteiger partial charge in [0.15, 0.2) is 0 Å². The van der Waals surface area contributed by atoms with Gasteiger partial charge < -0.3 is 14.5 Å². The van der Waals surface area contributed by atoms with Crippen LogP contribution in [0.3, 0.4) is 0 Å². The van der Waals surface area contributed by atoms with Crippen molar-refractivity contribution in [2.45, 2.75) is 6.92 Å². The number of rotatable bonds is 5. The molecule has 0 bridgehead atoms. The second-order valence-electron chi connectivity index (χ2n) is 14.2. The predicted molar refractivity (Wildman–Crippen MR) is 230 cm³/mol. The molecule has 254 valence electrons. The van der Waals surface area contributed by atoms with Crippen LogP contribution in [0.15, 0.2) is 182 Å². The van der Waals surface area contributed by atoms with Crippen LogP contribution in [-0.2, 0) is 0 Å². The molecule has 8 aromatic carbocycles. The van der Waals surface area contributed by atoms with Crippen molar-refractivity contribution in [3.8, 4) is 22.6 Å². The first-order chi connectivity index (χ1) is 26.7. The Morgan fingerprint density at radius 2 is 1.30 bits per heavy atom. The normalized spacial score (nSPS) is 12.6. The molecule has 0 fully saturated rings. The van der Waals surface area contributed by atoms with Crippen LogP contribution in [0.2, 0.25) is 0 Å². The number of para-hydroxylation sites is 2. The van der Waals surface area contributed by atoms with Crippen LogP contribution in [-0.4, -0.2) is 6.71 Å². The zero-order valence-corrected chi connectivity index (χ0v) is 30.4. The fourth-order valence-electron chi connectivity index (χ4n) is 8.55.